The molecular formula is C8H9N3OS. The van der Waals surface area contributed by atoms with Crippen molar-refractivity contribution in [3.63, 3.8) is 0 Å². The lowest BCUT2D eigenvalue weighted by Gasteiger charge is -1.97. The highest BCUT2D eigenvalue weighted by Gasteiger charge is 2.05. The van der Waals surface area contributed by atoms with Gasteiger partial charge in [-0.25, -0.2) is 0 Å². The molecule has 4 nitrogen and oxygen atoms in total. The minimum absolute atomic E-state index is 0.332. The summed E-state index contributed by atoms with van der Waals surface area (Å²) in [4.78, 5) is 4.57. The summed E-state index contributed by atoms with van der Waals surface area (Å²) in [7, 11) is 1.48. The summed E-state index contributed by atoms with van der Waals surface area (Å²) in [5.74, 6) is 0.332. The molecule has 0 saturated heterocycles. The predicted octanol–water partition coefficient (Wildman–Crippen LogP) is 1.08. The summed E-state index contributed by atoms with van der Waals surface area (Å²) in [5.41, 5.74) is 6.24. The van der Waals surface area contributed by atoms with E-state index in [2.05, 4.69) is 4.99 Å². The third-order valence-electron chi connectivity index (χ3n) is 1.45. The minimum Gasteiger partial charge on any atom is -0.480 e. The van der Waals surface area contributed by atoms with E-state index in [0.717, 1.165) is 10.4 Å². The molecule has 0 spiro atoms. The zero-order valence-corrected chi connectivity index (χ0v) is 7.97. The van der Waals surface area contributed by atoms with Crippen LogP contribution in [0.1, 0.15) is 10.4 Å². The van der Waals surface area contributed by atoms with Gasteiger partial charge in [0, 0.05) is 22.4 Å². The molecule has 0 radical (unpaired) electrons. The van der Waals surface area contributed by atoms with Crippen LogP contribution in [-0.2, 0) is 11.3 Å². The Morgan fingerprint density at radius 1 is 1.85 bits per heavy atom. The molecule has 0 fully saturated rings. The molecule has 68 valence electrons. The fourth-order valence-electron chi connectivity index (χ4n) is 0.873. The molecule has 1 heterocycles. The van der Waals surface area contributed by atoms with Crippen molar-refractivity contribution in [3.8, 4) is 6.19 Å². The summed E-state index contributed by atoms with van der Waals surface area (Å²) in [6.07, 6.45) is 1.68. The van der Waals surface area contributed by atoms with E-state index < -0.39 is 0 Å². The minimum atomic E-state index is 0.332. The standard InChI is InChI=1S/C8H9N3OS/c1-12-8(11-5-10)6-2-7(3-9)13-4-6/h2,4H,3,9H2,1H3/b11-8-. The Labute approximate surface area is 80.3 Å². The number of methoxy groups -OCH3 is 1. The SMILES string of the molecule is CO/C(=N\C#N)c1csc(CN)c1. The monoisotopic (exact) mass is 195 g/mol. The van der Waals surface area contributed by atoms with Gasteiger partial charge in [-0.2, -0.15) is 5.26 Å². The first-order valence-corrected chi connectivity index (χ1v) is 4.48. The number of nitrogens with two attached hydrogens (primary N) is 1. The number of rotatable bonds is 2. The molecule has 0 amide bonds. The summed E-state index contributed by atoms with van der Waals surface area (Å²) in [5, 5.41) is 10.2. The number of aliphatic imine (C=N–C) groups is 1. The molecule has 0 aliphatic rings. The van der Waals surface area contributed by atoms with Gasteiger partial charge in [-0.1, -0.05) is 0 Å². The normalized spacial score (nSPS) is 11.0. The third kappa shape index (κ3) is 2.28. The van der Waals surface area contributed by atoms with Crippen LogP contribution in [0.15, 0.2) is 16.4 Å². The molecule has 0 saturated carbocycles. The average molecular weight is 195 g/mol. The zero-order valence-electron chi connectivity index (χ0n) is 7.15. The fraction of sp³-hybridized carbons (Fsp3) is 0.250. The highest BCUT2D eigenvalue weighted by Crippen LogP contribution is 2.15. The van der Waals surface area contributed by atoms with Crippen LogP contribution in [0.4, 0.5) is 0 Å². The summed E-state index contributed by atoms with van der Waals surface area (Å²) < 4.78 is 4.93. The van der Waals surface area contributed by atoms with Crippen LogP contribution in [0.3, 0.4) is 0 Å². The molecule has 0 atom stereocenters. The quantitative estimate of drug-likeness (QED) is 0.436. The van der Waals surface area contributed by atoms with E-state index in [9.17, 15) is 0 Å². The van der Waals surface area contributed by atoms with Crippen LogP contribution < -0.4 is 5.73 Å². The highest BCUT2D eigenvalue weighted by molar-refractivity contribution is 7.10. The molecule has 0 aliphatic carbocycles. The summed E-state index contributed by atoms with van der Waals surface area (Å²) in [6.45, 7) is 0.494. The van der Waals surface area contributed by atoms with Gasteiger partial charge in [0.1, 0.15) is 0 Å². The maximum absolute atomic E-state index is 8.35. The highest BCUT2D eigenvalue weighted by atomic mass is 32.1. The number of hydrogen-bond donors (Lipinski definition) is 1. The van der Waals surface area contributed by atoms with Gasteiger partial charge in [-0.3, -0.25) is 0 Å². The lowest BCUT2D eigenvalue weighted by Crippen LogP contribution is -2.01. The van der Waals surface area contributed by atoms with Crippen molar-refractivity contribution in [2.24, 2.45) is 10.7 Å². The topological polar surface area (TPSA) is 71.4 Å². The van der Waals surface area contributed by atoms with Gasteiger partial charge in [-0.15, -0.1) is 16.3 Å². The van der Waals surface area contributed by atoms with E-state index in [1.807, 2.05) is 11.4 Å². The number of ether oxygens (including phenoxy) is 1. The van der Waals surface area contributed by atoms with Gasteiger partial charge in [0.25, 0.3) is 0 Å². The Kier molecular flexibility index (Phi) is 3.43. The molecule has 1 rings (SSSR count). The lowest BCUT2D eigenvalue weighted by atomic mass is 10.3. The molecular weight excluding hydrogens is 186 g/mol. The first kappa shape index (κ1) is 9.71. The maximum atomic E-state index is 8.35. The molecule has 0 unspecified atom stereocenters. The number of thiophene rings is 1. The van der Waals surface area contributed by atoms with Crippen molar-refractivity contribution in [1.29, 1.82) is 5.26 Å². The second-order valence-electron chi connectivity index (χ2n) is 2.23. The smallest absolute Gasteiger partial charge is 0.232 e. The van der Waals surface area contributed by atoms with E-state index in [1.165, 1.54) is 18.4 Å². The first-order valence-electron chi connectivity index (χ1n) is 3.60. The van der Waals surface area contributed by atoms with E-state index in [4.69, 9.17) is 15.7 Å². The van der Waals surface area contributed by atoms with Crippen LogP contribution >= 0.6 is 11.3 Å². The average Bonchev–Trinajstić information content (AvgIpc) is 2.62. The van der Waals surface area contributed by atoms with Crippen molar-refractivity contribution < 1.29 is 4.74 Å². The van der Waals surface area contributed by atoms with Crippen molar-refractivity contribution in [2.45, 2.75) is 6.54 Å². The molecule has 0 bridgehead atoms. The predicted molar refractivity (Wildman–Crippen MR) is 51.4 cm³/mol. The molecule has 0 aromatic carbocycles. The summed E-state index contributed by atoms with van der Waals surface area (Å²) >= 11 is 1.52. The van der Waals surface area contributed by atoms with Gasteiger partial charge in [0.05, 0.1) is 7.11 Å². The maximum Gasteiger partial charge on any atom is 0.232 e. The van der Waals surface area contributed by atoms with E-state index in [-0.39, 0.29) is 0 Å². The second-order valence-corrected chi connectivity index (χ2v) is 3.22. The van der Waals surface area contributed by atoms with Crippen molar-refractivity contribution in [1.82, 2.24) is 0 Å². The Morgan fingerprint density at radius 2 is 2.62 bits per heavy atom. The lowest BCUT2D eigenvalue weighted by molar-refractivity contribution is 0.405. The van der Waals surface area contributed by atoms with Crippen molar-refractivity contribution >= 4 is 17.2 Å². The van der Waals surface area contributed by atoms with Crippen LogP contribution in [-0.4, -0.2) is 13.0 Å². The van der Waals surface area contributed by atoms with Crippen molar-refractivity contribution in [3.05, 3.63) is 21.9 Å². The second kappa shape index (κ2) is 4.60. The number of nitriles is 1. The molecule has 1 aromatic rings. The fourth-order valence-corrected chi connectivity index (χ4v) is 1.61. The van der Waals surface area contributed by atoms with E-state index >= 15 is 0 Å². The van der Waals surface area contributed by atoms with Gasteiger partial charge in [-0.05, 0) is 6.07 Å². The third-order valence-corrected chi connectivity index (χ3v) is 2.41. The Hall–Kier alpha value is -1.38. The Bertz CT molecular complexity index is 351. The van der Waals surface area contributed by atoms with Gasteiger partial charge < -0.3 is 10.5 Å². The number of nitrogens with zero attached hydrogens (tertiary/aromatic N) is 2. The molecule has 2 N–H and O–H groups in total. The molecule has 1 aromatic heterocycles. The molecule has 5 heteroatoms. The first-order chi connectivity index (χ1) is 6.31. The largest absolute Gasteiger partial charge is 0.480 e. The van der Waals surface area contributed by atoms with E-state index in [0.29, 0.717) is 12.4 Å². The Balaban J connectivity index is 2.93. The van der Waals surface area contributed by atoms with Gasteiger partial charge in [0.15, 0.2) is 0 Å². The van der Waals surface area contributed by atoms with Gasteiger partial charge >= 0.3 is 0 Å². The Morgan fingerprint density at radius 3 is 3.08 bits per heavy atom. The molecule has 13 heavy (non-hydrogen) atoms. The van der Waals surface area contributed by atoms with Crippen LogP contribution in [0.25, 0.3) is 0 Å². The van der Waals surface area contributed by atoms with Gasteiger partial charge in [0.2, 0.25) is 12.1 Å². The van der Waals surface area contributed by atoms with Crippen molar-refractivity contribution in [2.75, 3.05) is 7.11 Å². The van der Waals surface area contributed by atoms with E-state index in [1.54, 1.807) is 6.19 Å². The molecule has 0 aliphatic heterocycles. The zero-order chi connectivity index (χ0) is 9.68. The van der Waals surface area contributed by atoms with Crippen LogP contribution in [0, 0.1) is 11.5 Å². The van der Waals surface area contributed by atoms with Crippen LogP contribution in [0.5, 0.6) is 0 Å². The van der Waals surface area contributed by atoms with Crippen LogP contribution in [0.2, 0.25) is 0 Å². The summed E-state index contributed by atoms with van der Waals surface area (Å²) in [6, 6.07) is 1.87. The number of hydrogen-bond acceptors (Lipinski definition) is 5.